The van der Waals surface area contributed by atoms with E-state index < -0.39 is 0 Å². The Morgan fingerprint density at radius 3 is 1.87 bits per heavy atom. The molecule has 1 fully saturated rings. The highest BCUT2D eigenvalue weighted by Crippen LogP contribution is 2.29. The molecular weight excluding hydrogens is 386 g/mol. The largest absolute Gasteiger partial charge is 0.395 e. The molecule has 0 amide bonds. The van der Waals surface area contributed by atoms with Crippen molar-refractivity contribution < 1.29 is 14.6 Å². The minimum Gasteiger partial charge on any atom is -0.395 e. The summed E-state index contributed by atoms with van der Waals surface area (Å²) in [6.07, 6.45) is -0.0790. The molecule has 1 N–H and O–H groups in total. The van der Waals surface area contributed by atoms with Gasteiger partial charge < -0.3 is 14.6 Å². The second kappa shape index (κ2) is 11.2. The fourth-order valence-electron chi connectivity index (χ4n) is 4.35. The van der Waals surface area contributed by atoms with E-state index in [0.717, 1.165) is 18.7 Å². The van der Waals surface area contributed by atoms with Gasteiger partial charge in [-0.3, -0.25) is 4.90 Å². The maximum Gasteiger partial charge on any atom is 0.0819 e. The summed E-state index contributed by atoms with van der Waals surface area (Å²) in [4.78, 5) is 2.33. The minimum absolute atomic E-state index is 0.0470. The molecule has 0 aromatic heterocycles. The van der Waals surface area contributed by atoms with Crippen LogP contribution < -0.4 is 0 Å². The van der Waals surface area contributed by atoms with Gasteiger partial charge in [-0.2, -0.15) is 0 Å². The zero-order valence-electron chi connectivity index (χ0n) is 17.8. The van der Waals surface area contributed by atoms with E-state index in [9.17, 15) is 5.11 Å². The summed E-state index contributed by atoms with van der Waals surface area (Å²) in [5, 5.41) is 10.2. The molecule has 4 rings (SSSR count). The molecule has 3 atom stereocenters. The van der Waals surface area contributed by atoms with E-state index in [4.69, 9.17) is 9.47 Å². The van der Waals surface area contributed by atoms with Crippen molar-refractivity contribution >= 4 is 0 Å². The van der Waals surface area contributed by atoms with Crippen LogP contribution in [-0.2, 0) is 29.2 Å². The molecule has 162 valence electrons. The first kappa shape index (κ1) is 21.7. The van der Waals surface area contributed by atoms with Crippen molar-refractivity contribution in [2.75, 3.05) is 19.8 Å². The van der Waals surface area contributed by atoms with Gasteiger partial charge in [0, 0.05) is 19.0 Å². The van der Waals surface area contributed by atoms with Gasteiger partial charge in [0.05, 0.1) is 38.6 Å². The predicted molar refractivity (Wildman–Crippen MR) is 122 cm³/mol. The highest BCUT2D eigenvalue weighted by molar-refractivity contribution is 5.16. The van der Waals surface area contributed by atoms with Crippen LogP contribution in [0.15, 0.2) is 91.0 Å². The van der Waals surface area contributed by atoms with Gasteiger partial charge in [0.1, 0.15) is 0 Å². The molecule has 0 bridgehead atoms. The fraction of sp³-hybridized carbons (Fsp3) is 0.333. The summed E-state index contributed by atoms with van der Waals surface area (Å²) in [5.74, 6) is 0.202. The lowest BCUT2D eigenvalue weighted by Crippen LogP contribution is -2.40. The third-order valence-corrected chi connectivity index (χ3v) is 5.93. The van der Waals surface area contributed by atoms with Crippen LogP contribution in [0.5, 0.6) is 0 Å². The van der Waals surface area contributed by atoms with Gasteiger partial charge in [0.15, 0.2) is 0 Å². The number of nitrogens with zero attached hydrogens (tertiary/aromatic N) is 1. The zero-order chi connectivity index (χ0) is 21.3. The van der Waals surface area contributed by atoms with Crippen LogP contribution >= 0.6 is 0 Å². The molecule has 3 aromatic carbocycles. The van der Waals surface area contributed by atoms with Crippen molar-refractivity contribution in [1.82, 2.24) is 4.90 Å². The van der Waals surface area contributed by atoms with E-state index in [0.29, 0.717) is 19.8 Å². The molecule has 4 nitrogen and oxygen atoms in total. The topological polar surface area (TPSA) is 41.9 Å². The van der Waals surface area contributed by atoms with Crippen molar-refractivity contribution in [3.05, 3.63) is 108 Å². The summed E-state index contributed by atoms with van der Waals surface area (Å²) >= 11 is 0. The number of benzene rings is 3. The summed E-state index contributed by atoms with van der Waals surface area (Å²) in [6, 6.07) is 30.8. The molecule has 3 aromatic rings. The van der Waals surface area contributed by atoms with Crippen LogP contribution in [0, 0.1) is 5.92 Å². The first-order valence-corrected chi connectivity index (χ1v) is 11.0. The van der Waals surface area contributed by atoms with E-state index in [1.54, 1.807) is 0 Å². The first-order valence-electron chi connectivity index (χ1n) is 11.0. The first-order chi connectivity index (χ1) is 15.3. The SMILES string of the molecule is OCC1[C@H](OCc2ccccc2)C(COCc2ccccc2)CN1Cc1ccccc1. The number of hydrogen-bond donors (Lipinski definition) is 1. The van der Waals surface area contributed by atoms with Crippen molar-refractivity contribution in [1.29, 1.82) is 0 Å². The number of aliphatic hydroxyl groups excluding tert-OH is 1. The van der Waals surface area contributed by atoms with Crippen LogP contribution in [0.25, 0.3) is 0 Å². The normalized spacial score (nSPS) is 21.4. The summed E-state index contributed by atoms with van der Waals surface area (Å²) < 4.78 is 12.5. The Morgan fingerprint density at radius 1 is 0.742 bits per heavy atom. The molecule has 0 saturated carbocycles. The van der Waals surface area contributed by atoms with Gasteiger partial charge in [-0.15, -0.1) is 0 Å². The molecule has 2 unspecified atom stereocenters. The molecule has 1 aliphatic rings. The number of hydrogen-bond acceptors (Lipinski definition) is 4. The lowest BCUT2D eigenvalue weighted by molar-refractivity contribution is -0.0386. The van der Waals surface area contributed by atoms with Crippen molar-refractivity contribution in [2.45, 2.75) is 31.9 Å². The lowest BCUT2D eigenvalue weighted by atomic mass is 10.0. The average Bonchev–Trinajstić information content (AvgIpc) is 3.15. The van der Waals surface area contributed by atoms with Crippen LogP contribution in [0.4, 0.5) is 0 Å². The minimum atomic E-state index is -0.0790. The Morgan fingerprint density at radius 2 is 1.29 bits per heavy atom. The zero-order valence-corrected chi connectivity index (χ0v) is 17.8. The van der Waals surface area contributed by atoms with E-state index in [1.165, 1.54) is 11.1 Å². The molecule has 0 spiro atoms. The van der Waals surface area contributed by atoms with Crippen molar-refractivity contribution in [3.63, 3.8) is 0 Å². The molecule has 31 heavy (non-hydrogen) atoms. The second-order valence-corrected chi connectivity index (χ2v) is 8.19. The molecule has 0 aliphatic carbocycles. The number of rotatable bonds is 10. The van der Waals surface area contributed by atoms with Gasteiger partial charge in [0.2, 0.25) is 0 Å². The van der Waals surface area contributed by atoms with E-state index in [-0.39, 0.29) is 24.7 Å². The number of ether oxygens (including phenoxy) is 2. The molecule has 1 heterocycles. The second-order valence-electron chi connectivity index (χ2n) is 8.19. The standard InChI is InChI=1S/C27H31NO3/c29-18-26-27(31-20-24-14-8-3-9-15-24)25(21-30-19-23-12-6-2-7-13-23)17-28(26)16-22-10-4-1-5-11-22/h1-15,25-27,29H,16-21H2/t25?,26?,27-/m1/s1. The maximum atomic E-state index is 10.2. The fourth-order valence-corrected chi connectivity index (χ4v) is 4.35. The van der Waals surface area contributed by atoms with Gasteiger partial charge in [-0.05, 0) is 16.7 Å². The van der Waals surface area contributed by atoms with Crippen molar-refractivity contribution in [2.24, 2.45) is 5.92 Å². The van der Waals surface area contributed by atoms with Crippen molar-refractivity contribution in [3.8, 4) is 0 Å². The van der Waals surface area contributed by atoms with Gasteiger partial charge in [-0.25, -0.2) is 0 Å². The monoisotopic (exact) mass is 417 g/mol. The lowest BCUT2D eigenvalue weighted by Gasteiger charge is -2.27. The Balaban J connectivity index is 1.43. The average molecular weight is 418 g/mol. The number of aliphatic hydroxyl groups is 1. The van der Waals surface area contributed by atoms with E-state index in [2.05, 4.69) is 53.4 Å². The Hall–Kier alpha value is -2.50. The Bertz CT molecular complexity index is 888. The molecule has 0 radical (unpaired) electrons. The summed E-state index contributed by atoms with van der Waals surface area (Å²) in [7, 11) is 0. The van der Waals surface area contributed by atoms with Crippen LogP contribution in [0.2, 0.25) is 0 Å². The van der Waals surface area contributed by atoms with Crippen LogP contribution in [-0.4, -0.2) is 41.9 Å². The smallest absolute Gasteiger partial charge is 0.0819 e. The summed E-state index contributed by atoms with van der Waals surface area (Å²) in [6.45, 7) is 3.44. The maximum absolute atomic E-state index is 10.2. The highest BCUT2D eigenvalue weighted by atomic mass is 16.5. The van der Waals surface area contributed by atoms with Crippen LogP contribution in [0.3, 0.4) is 0 Å². The number of likely N-dealkylation sites (tertiary alicyclic amines) is 1. The van der Waals surface area contributed by atoms with E-state index >= 15 is 0 Å². The van der Waals surface area contributed by atoms with E-state index in [1.807, 2.05) is 42.5 Å². The quantitative estimate of drug-likeness (QED) is 0.535. The highest BCUT2D eigenvalue weighted by Gasteiger charge is 2.42. The molecular formula is C27H31NO3. The summed E-state index contributed by atoms with van der Waals surface area (Å²) in [5.41, 5.74) is 3.56. The third kappa shape index (κ3) is 6.02. The Labute approximate surface area is 185 Å². The molecule has 1 aliphatic heterocycles. The third-order valence-electron chi connectivity index (χ3n) is 5.93. The van der Waals surface area contributed by atoms with Crippen LogP contribution in [0.1, 0.15) is 16.7 Å². The Kier molecular flexibility index (Phi) is 7.86. The predicted octanol–water partition coefficient (Wildman–Crippen LogP) is 4.28. The van der Waals surface area contributed by atoms with Gasteiger partial charge in [-0.1, -0.05) is 91.0 Å². The molecule has 1 saturated heterocycles. The molecule has 4 heteroatoms. The van der Waals surface area contributed by atoms with Gasteiger partial charge >= 0.3 is 0 Å². The van der Waals surface area contributed by atoms with Gasteiger partial charge in [0.25, 0.3) is 0 Å².